The van der Waals surface area contributed by atoms with Gasteiger partial charge in [-0.2, -0.15) is 0 Å². The van der Waals surface area contributed by atoms with Gasteiger partial charge in [0.05, 0.1) is 17.9 Å². The monoisotopic (exact) mass is 445 g/mol. The number of nitrogens with zero attached hydrogens (tertiary/aromatic N) is 1. The first-order valence-electron chi connectivity index (χ1n) is 10.5. The van der Waals surface area contributed by atoms with Gasteiger partial charge in [0, 0.05) is 21.8 Å². The highest BCUT2D eigenvalue weighted by atomic mass is 32.2. The van der Waals surface area contributed by atoms with Crippen molar-refractivity contribution in [2.75, 3.05) is 11.5 Å². The molecule has 4 aromatic rings. The molecule has 0 aliphatic carbocycles. The third kappa shape index (κ3) is 3.45. The fourth-order valence-electron chi connectivity index (χ4n) is 4.14. The number of para-hydroxylation sites is 2. The molecule has 6 heteroatoms. The Kier molecular flexibility index (Phi) is 5.19. The highest BCUT2D eigenvalue weighted by Gasteiger charge is 2.36. The predicted molar refractivity (Wildman–Crippen MR) is 126 cm³/mol. The van der Waals surface area contributed by atoms with Crippen molar-refractivity contribution in [3.8, 4) is 0 Å². The maximum absolute atomic E-state index is 11.9. The minimum atomic E-state index is -1.40. The molecule has 1 aliphatic rings. The summed E-state index contributed by atoms with van der Waals surface area (Å²) in [5.74, 6) is -0.205. The smallest absolute Gasteiger partial charge is 0.340 e. The lowest BCUT2D eigenvalue weighted by atomic mass is 9.95. The van der Waals surface area contributed by atoms with Gasteiger partial charge >= 0.3 is 5.97 Å². The van der Waals surface area contributed by atoms with Crippen molar-refractivity contribution in [3.63, 3.8) is 0 Å². The Labute approximate surface area is 190 Å². The van der Waals surface area contributed by atoms with E-state index in [4.69, 9.17) is 9.15 Å². The van der Waals surface area contributed by atoms with E-state index in [0.29, 0.717) is 18.7 Å². The zero-order valence-corrected chi connectivity index (χ0v) is 18.7. The standard InChI is InChI=1S/C26H23NO4S/c1-3-30-26(2,25(28)29)18-12-13-22-17(14-18)15-19(31-22)16-27-20-8-4-6-10-23(20)32-24-11-7-5-9-21(24)27/h4-15H,3,16H2,1-2H3,(H,28,29). The van der Waals surface area contributed by atoms with Gasteiger partial charge in [0.1, 0.15) is 11.3 Å². The summed E-state index contributed by atoms with van der Waals surface area (Å²) >= 11 is 1.77. The molecule has 1 atom stereocenters. The number of anilines is 2. The quantitative estimate of drug-likeness (QED) is 0.362. The molecule has 0 spiro atoms. The minimum absolute atomic E-state index is 0.309. The molecule has 2 heterocycles. The molecule has 0 saturated heterocycles. The Morgan fingerprint density at radius 2 is 1.69 bits per heavy atom. The van der Waals surface area contributed by atoms with Gasteiger partial charge in [-0.1, -0.05) is 42.1 Å². The number of carbonyl (C=O) groups is 1. The van der Waals surface area contributed by atoms with Crippen LogP contribution in [-0.2, 0) is 21.7 Å². The van der Waals surface area contributed by atoms with Gasteiger partial charge in [-0.3, -0.25) is 0 Å². The van der Waals surface area contributed by atoms with Crippen molar-refractivity contribution >= 4 is 40.1 Å². The number of rotatable bonds is 6. The first-order valence-corrected chi connectivity index (χ1v) is 11.3. The van der Waals surface area contributed by atoms with E-state index in [-0.39, 0.29) is 0 Å². The maximum Gasteiger partial charge on any atom is 0.340 e. The SMILES string of the molecule is CCOC(C)(C(=O)O)c1ccc2oc(CN3c4ccccc4Sc4ccccc43)cc2c1. The Morgan fingerprint density at radius 1 is 1.03 bits per heavy atom. The van der Waals surface area contributed by atoms with Crippen LogP contribution >= 0.6 is 11.8 Å². The minimum Gasteiger partial charge on any atom is -0.479 e. The van der Waals surface area contributed by atoms with Gasteiger partial charge in [0.2, 0.25) is 0 Å². The Bertz CT molecular complexity index is 1270. The van der Waals surface area contributed by atoms with Crippen LogP contribution in [0.3, 0.4) is 0 Å². The summed E-state index contributed by atoms with van der Waals surface area (Å²) in [5.41, 5.74) is 2.21. The van der Waals surface area contributed by atoms with Crippen LogP contribution in [-0.4, -0.2) is 17.7 Å². The van der Waals surface area contributed by atoms with E-state index in [0.717, 1.165) is 28.1 Å². The number of carboxylic acids is 1. The predicted octanol–water partition coefficient (Wildman–Crippen LogP) is 6.57. The van der Waals surface area contributed by atoms with Crippen molar-refractivity contribution in [2.45, 2.75) is 35.8 Å². The van der Waals surface area contributed by atoms with E-state index in [1.807, 2.05) is 30.3 Å². The summed E-state index contributed by atoms with van der Waals surface area (Å²) in [6.45, 7) is 4.26. The van der Waals surface area contributed by atoms with E-state index in [9.17, 15) is 9.90 Å². The summed E-state index contributed by atoms with van der Waals surface area (Å²) in [7, 11) is 0. The fraction of sp³-hybridized carbons (Fsp3) is 0.192. The highest BCUT2D eigenvalue weighted by molar-refractivity contribution is 7.99. The number of carboxylic acid groups (broad SMARTS) is 1. The number of benzene rings is 3. The Balaban J connectivity index is 1.53. The largest absolute Gasteiger partial charge is 0.479 e. The van der Waals surface area contributed by atoms with E-state index in [1.54, 1.807) is 31.7 Å². The van der Waals surface area contributed by atoms with Gasteiger partial charge in [0.15, 0.2) is 5.60 Å². The van der Waals surface area contributed by atoms with Crippen LogP contribution in [0.5, 0.6) is 0 Å². The van der Waals surface area contributed by atoms with Gasteiger partial charge < -0.3 is 19.2 Å². The fourth-order valence-corrected chi connectivity index (χ4v) is 5.23. The molecule has 5 nitrogen and oxygen atoms in total. The summed E-state index contributed by atoms with van der Waals surface area (Å²) in [6.07, 6.45) is 0. The molecule has 162 valence electrons. The molecule has 5 rings (SSSR count). The molecular formula is C26H23NO4S. The van der Waals surface area contributed by atoms with Crippen LogP contribution in [0.1, 0.15) is 25.2 Å². The summed E-state index contributed by atoms with van der Waals surface area (Å²) in [4.78, 5) is 16.6. The molecule has 1 unspecified atom stereocenters. The normalized spacial score (nSPS) is 14.6. The van der Waals surface area contributed by atoms with Crippen LogP contribution in [0.25, 0.3) is 11.0 Å². The third-order valence-electron chi connectivity index (χ3n) is 5.81. The Hall–Kier alpha value is -3.22. The van der Waals surface area contributed by atoms with Crippen molar-refractivity contribution in [1.82, 2.24) is 0 Å². The van der Waals surface area contributed by atoms with E-state index in [2.05, 4.69) is 41.3 Å². The summed E-state index contributed by atoms with van der Waals surface area (Å²) in [6, 6.07) is 24.1. The van der Waals surface area contributed by atoms with E-state index >= 15 is 0 Å². The number of furan rings is 1. The lowest BCUT2D eigenvalue weighted by Gasteiger charge is -2.32. The first-order chi connectivity index (χ1) is 15.5. The molecule has 0 amide bonds. The van der Waals surface area contributed by atoms with Crippen LogP contribution < -0.4 is 4.90 Å². The molecule has 0 saturated carbocycles. The number of hydrogen-bond acceptors (Lipinski definition) is 5. The molecule has 3 aromatic carbocycles. The third-order valence-corrected chi connectivity index (χ3v) is 6.94. The molecule has 1 N–H and O–H groups in total. The van der Waals surface area contributed by atoms with Crippen LogP contribution in [0.15, 0.2) is 87.0 Å². The number of hydrogen-bond donors (Lipinski definition) is 1. The molecule has 0 bridgehead atoms. The van der Waals surface area contributed by atoms with Crippen LogP contribution in [0.4, 0.5) is 11.4 Å². The van der Waals surface area contributed by atoms with Crippen molar-refractivity contribution < 1.29 is 19.1 Å². The molecule has 0 radical (unpaired) electrons. The molecule has 1 aliphatic heterocycles. The van der Waals surface area contributed by atoms with Crippen molar-refractivity contribution in [1.29, 1.82) is 0 Å². The Morgan fingerprint density at radius 3 is 2.31 bits per heavy atom. The van der Waals surface area contributed by atoms with Crippen LogP contribution in [0, 0.1) is 0 Å². The molecule has 0 fully saturated rings. The molecule has 1 aromatic heterocycles. The van der Waals surface area contributed by atoms with Gasteiger partial charge in [-0.05, 0) is 61.9 Å². The average Bonchev–Trinajstić information content (AvgIpc) is 3.20. The summed E-state index contributed by atoms with van der Waals surface area (Å²) in [5, 5.41) is 10.6. The zero-order chi connectivity index (χ0) is 22.3. The van der Waals surface area contributed by atoms with Crippen molar-refractivity contribution in [2.24, 2.45) is 0 Å². The average molecular weight is 446 g/mol. The summed E-state index contributed by atoms with van der Waals surface area (Å²) < 4.78 is 11.7. The highest BCUT2D eigenvalue weighted by Crippen LogP contribution is 2.48. The van der Waals surface area contributed by atoms with Gasteiger partial charge in [-0.25, -0.2) is 4.79 Å². The first kappa shape index (κ1) is 20.7. The number of aliphatic carboxylic acids is 1. The second-order valence-electron chi connectivity index (χ2n) is 7.86. The number of fused-ring (bicyclic) bond motifs is 3. The van der Waals surface area contributed by atoms with Crippen molar-refractivity contribution in [3.05, 3.63) is 84.1 Å². The maximum atomic E-state index is 11.9. The zero-order valence-electron chi connectivity index (χ0n) is 17.9. The van der Waals surface area contributed by atoms with Gasteiger partial charge in [-0.15, -0.1) is 0 Å². The second-order valence-corrected chi connectivity index (χ2v) is 8.94. The lowest BCUT2D eigenvalue weighted by Crippen LogP contribution is -2.35. The van der Waals surface area contributed by atoms with Gasteiger partial charge in [0.25, 0.3) is 0 Å². The second kappa shape index (κ2) is 8.04. The molecule has 32 heavy (non-hydrogen) atoms. The lowest BCUT2D eigenvalue weighted by molar-refractivity contribution is -0.164. The number of ether oxygens (including phenoxy) is 1. The molecular weight excluding hydrogens is 422 g/mol. The van der Waals surface area contributed by atoms with E-state index in [1.165, 1.54) is 9.79 Å². The van der Waals surface area contributed by atoms with E-state index < -0.39 is 11.6 Å². The van der Waals surface area contributed by atoms with Crippen LogP contribution in [0.2, 0.25) is 0 Å². The topological polar surface area (TPSA) is 62.9 Å².